The van der Waals surface area contributed by atoms with Gasteiger partial charge in [0.25, 0.3) is 0 Å². The third-order valence-corrected chi connectivity index (χ3v) is 7.85. The molecule has 0 aliphatic carbocycles. The Morgan fingerprint density at radius 3 is 1.76 bits per heavy atom. The second kappa shape index (κ2) is 5.92. The van der Waals surface area contributed by atoms with E-state index in [2.05, 4.69) is 93.1 Å². The minimum absolute atomic E-state index is 0.0150. The van der Waals surface area contributed by atoms with Crippen molar-refractivity contribution in [3.63, 3.8) is 0 Å². The molecule has 1 spiro atoms. The van der Waals surface area contributed by atoms with Crippen molar-refractivity contribution < 1.29 is 8.97 Å². The Morgan fingerprint density at radius 2 is 1.40 bits per heavy atom. The van der Waals surface area contributed by atoms with E-state index in [4.69, 9.17) is 0 Å². The molecule has 4 nitrogen and oxygen atoms in total. The maximum Gasteiger partial charge on any atom is 0.357 e. The maximum absolute atomic E-state index is 2.89. The highest BCUT2D eigenvalue weighted by Crippen LogP contribution is 2.57. The predicted molar refractivity (Wildman–Crippen MR) is 108 cm³/mol. The Morgan fingerprint density at radius 1 is 0.880 bits per heavy atom. The summed E-state index contributed by atoms with van der Waals surface area (Å²) in [5.41, 5.74) is 0.405. The lowest BCUT2D eigenvalue weighted by molar-refractivity contribution is -1.17. The number of quaternary nitrogens is 2. The number of likely N-dealkylation sites (N-methyl/N-ethyl adjacent to an activating group) is 2. The molecule has 0 aromatic heterocycles. The molecular formula is C21H46N4+2. The van der Waals surface area contributed by atoms with Gasteiger partial charge in [-0.3, -0.25) is 0 Å². The van der Waals surface area contributed by atoms with Crippen LogP contribution < -0.4 is 0 Å². The molecule has 2 fully saturated rings. The molecule has 0 amide bonds. The maximum atomic E-state index is 2.89. The topological polar surface area (TPSA) is 6.48 Å². The van der Waals surface area contributed by atoms with E-state index in [9.17, 15) is 0 Å². The van der Waals surface area contributed by atoms with E-state index < -0.39 is 0 Å². The standard InChI is InChI=1S/C21H46N4/c1-13-24(11)16-19(7,8)23(18(5)6)21(24)22(17(3)4)15-20(9,10)25(21,12)14-2/h17-18H,13-16H2,1-12H3/q+2/t21?,24-,25+/m0/s1. The predicted octanol–water partition coefficient (Wildman–Crippen LogP) is 3.54. The van der Waals surface area contributed by atoms with Gasteiger partial charge < -0.3 is 0 Å². The van der Waals surface area contributed by atoms with E-state index in [1.165, 1.54) is 13.1 Å². The minimum atomic E-state index is -0.0150. The molecule has 0 radical (unpaired) electrons. The Labute approximate surface area is 157 Å². The van der Waals surface area contributed by atoms with Crippen molar-refractivity contribution in [2.45, 2.75) is 98.3 Å². The second-order valence-electron chi connectivity index (χ2n) is 10.8. The highest BCUT2D eigenvalue weighted by Gasteiger charge is 2.83. The molecule has 1 unspecified atom stereocenters. The van der Waals surface area contributed by atoms with Crippen molar-refractivity contribution in [3.8, 4) is 0 Å². The zero-order chi connectivity index (χ0) is 19.6. The SMILES string of the molecule is CC[N@@+]1(C)CC(C)(C)N(C(C)C)C12N(C(C)C)CC(C)(C)[N@@+]2(C)CC. The van der Waals surface area contributed by atoms with E-state index in [1.807, 2.05) is 0 Å². The summed E-state index contributed by atoms with van der Waals surface area (Å²) in [6.07, 6.45) is 0. The van der Waals surface area contributed by atoms with Gasteiger partial charge in [-0.25, -0.2) is 8.97 Å². The van der Waals surface area contributed by atoms with Crippen LogP contribution in [-0.4, -0.2) is 88.1 Å². The number of hydrogen-bond acceptors (Lipinski definition) is 2. The zero-order valence-electron chi connectivity index (χ0n) is 19.3. The van der Waals surface area contributed by atoms with Crippen molar-refractivity contribution in [3.05, 3.63) is 0 Å². The molecular weight excluding hydrogens is 308 g/mol. The van der Waals surface area contributed by atoms with Crippen LogP contribution >= 0.6 is 0 Å². The van der Waals surface area contributed by atoms with E-state index in [1.54, 1.807) is 0 Å². The van der Waals surface area contributed by atoms with E-state index in [-0.39, 0.29) is 17.0 Å². The lowest BCUT2D eigenvalue weighted by Crippen LogP contribution is -2.84. The van der Waals surface area contributed by atoms with Crippen LogP contribution in [0.3, 0.4) is 0 Å². The number of hydrogen-bond donors (Lipinski definition) is 0. The molecule has 25 heavy (non-hydrogen) atoms. The van der Waals surface area contributed by atoms with Crippen molar-refractivity contribution in [1.82, 2.24) is 9.80 Å². The molecule has 2 aliphatic rings. The van der Waals surface area contributed by atoms with Gasteiger partial charge in [0.05, 0.1) is 39.3 Å². The summed E-state index contributed by atoms with van der Waals surface area (Å²) >= 11 is 0. The minimum Gasteiger partial charge on any atom is -0.243 e. The molecule has 0 aromatic rings. The first kappa shape index (κ1) is 21.1. The fraction of sp³-hybridized carbons (Fsp3) is 1.00. The van der Waals surface area contributed by atoms with Gasteiger partial charge in [-0.1, -0.05) is 0 Å². The first-order chi connectivity index (χ1) is 11.2. The Bertz CT molecular complexity index is 512. The average molecular weight is 355 g/mol. The normalized spacial score (nSPS) is 41.5. The molecule has 2 heterocycles. The Kier molecular flexibility index (Phi) is 5.01. The van der Waals surface area contributed by atoms with Crippen LogP contribution in [0.1, 0.15) is 69.2 Å². The lowest BCUT2D eigenvalue weighted by Gasteiger charge is -2.59. The van der Waals surface area contributed by atoms with Crippen LogP contribution in [0.2, 0.25) is 0 Å². The van der Waals surface area contributed by atoms with Crippen LogP contribution in [0.4, 0.5) is 0 Å². The van der Waals surface area contributed by atoms with Gasteiger partial charge in [-0.05, 0) is 69.2 Å². The highest BCUT2D eigenvalue weighted by molar-refractivity contribution is 5.03. The van der Waals surface area contributed by atoms with E-state index in [0.29, 0.717) is 12.1 Å². The molecule has 0 aromatic carbocycles. The van der Waals surface area contributed by atoms with Crippen LogP contribution in [-0.2, 0) is 0 Å². The van der Waals surface area contributed by atoms with Gasteiger partial charge in [0.2, 0.25) is 0 Å². The fourth-order valence-electron chi connectivity index (χ4n) is 6.83. The highest BCUT2D eigenvalue weighted by atomic mass is 15.9. The third kappa shape index (κ3) is 2.33. The molecule has 4 heteroatoms. The molecule has 2 saturated heterocycles. The molecule has 148 valence electrons. The monoisotopic (exact) mass is 354 g/mol. The van der Waals surface area contributed by atoms with Gasteiger partial charge in [0.15, 0.2) is 0 Å². The molecule has 3 atom stereocenters. The number of nitrogens with zero attached hydrogens (tertiary/aromatic N) is 4. The summed E-state index contributed by atoms with van der Waals surface area (Å²) in [6.45, 7) is 29.0. The van der Waals surface area contributed by atoms with Crippen molar-refractivity contribution in [2.24, 2.45) is 0 Å². The van der Waals surface area contributed by atoms with Gasteiger partial charge in [0.1, 0.15) is 12.1 Å². The van der Waals surface area contributed by atoms with Crippen LogP contribution in [0.25, 0.3) is 0 Å². The van der Waals surface area contributed by atoms with Gasteiger partial charge >= 0.3 is 5.91 Å². The first-order valence-electron chi connectivity index (χ1n) is 10.4. The van der Waals surface area contributed by atoms with Gasteiger partial charge in [0, 0.05) is 12.1 Å². The van der Waals surface area contributed by atoms with Crippen molar-refractivity contribution in [2.75, 3.05) is 40.3 Å². The quantitative estimate of drug-likeness (QED) is 0.713. The summed E-state index contributed by atoms with van der Waals surface area (Å²) in [4.78, 5) is 5.75. The molecule has 0 saturated carbocycles. The van der Waals surface area contributed by atoms with Gasteiger partial charge in [-0.15, -0.1) is 0 Å². The fourth-order valence-corrected chi connectivity index (χ4v) is 6.83. The third-order valence-electron chi connectivity index (χ3n) is 7.85. The molecule has 0 bridgehead atoms. The van der Waals surface area contributed by atoms with Gasteiger partial charge in [-0.2, -0.15) is 9.80 Å². The van der Waals surface area contributed by atoms with E-state index in [0.717, 1.165) is 22.1 Å². The Balaban J connectivity index is 2.93. The number of rotatable bonds is 4. The largest absolute Gasteiger partial charge is 0.357 e. The lowest BCUT2D eigenvalue weighted by atomic mass is 10.0. The molecule has 2 aliphatic heterocycles. The molecule has 0 N–H and O–H groups in total. The smallest absolute Gasteiger partial charge is 0.243 e. The first-order valence-corrected chi connectivity index (χ1v) is 10.4. The van der Waals surface area contributed by atoms with Crippen LogP contribution in [0, 0.1) is 0 Å². The summed E-state index contributed by atoms with van der Waals surface area (Å²) in [5.74, 6) is -0.0150. The second-order valence-corrected chi connectivity index (χ2v) is 10.8. The van der Waals surface area contributed by atoms with Crippen molar-refractivity contribution >= 4 is 0 Å². The van der Waals surface area contributed by atoms with Crippen molar-refractivity contribution in [1.29, 1.82) is 0 Å². The Hall–Kier alpha value is -0.160. The van der Waals surface area contributed by atoms with E-state index >= 15 is 0 Å². The summed E-state index contributed by atoms with van der Waals surface area (Å²) in [5, 5.41) is 0. The summed E-state index contributed by atoms with van der Waals surface area (Å²) in [6, 6.07) is 1.05. The van der Waals surface area contributed by atoms with Crippen LogP contribution in [0.15, 0.2) is 0 Å². The zero-order valence-corrected chi connectivity index (χ0v) is 19.3. The summed E-state index contributed by atoms with van der Waals surface area (Å²) < 4.78 is 2.19. The van der Waals surface area contributed by atoms with Crippen LogP contribution in [0.5, 0.6) is 0 Å². The molecule has 2 rings (SSSR count). The average Bonchev–Trinajstić information content (AvgIpc) is 2.78. The summed E-state index contributed by atoms with van der Waals surface area (Å²) in [7, 11) is 5.05.